The summed E-state index contributed by atoms with van der Waals surface area (Å²) in [4.78, 5) is 35.4. The monoisotopic (exact) mass is 336 g/mol. The van der Waals surface area contributed by atoms with Crippen molar-refractivity contribution >= 4 is 5.97 Å². The largest absolute Gasteiger partial charge is 0.462 e. The molecule has 0 amide bonds. The smallest absolute Gasteiger partial charge is 0.333 e. The molecule has 0 saturated carbocycles. The summed E-state index contributed by atoms with van der Waals surface area (Å²) in [5.74, 6) is -0.353. The van der Waals surface area contributed by atoms with Crippen molar-refractivity contribution in [1.82, 2.24) is 9.13 Å². The first-order valence-electron chi connectivity index (χ1n) is 8.53. The van der Waals surface area contributed by atoms with E-state index in [2.05, 4.69) is 6.58 Å². The van der Waals surface area contributed by atoms with Crippen molar-refractivity contribution in [3.05, 3.63) is 45.3 Å². The van der Waals surface area contributed by atoms with E-state index in [4.69, 9.17) is 4.74 Å². The van der Waals surface area contributed by atoms with E-state index in [1.165, 1.54) is 10.6 Å². The predicted octanol–water partition coefficient (Wildman–Crippen LogP) is 2.66. The van der Waals surface area contributed by atoms with Crippen LogP contribution in [0.1, 0.15) is 58.9 Å². The molecule has 24 heavy (non-hydrogen) atoms. The quantitative estimate of drug-likeness (QED) is 0.374. The Hall–Kier alpha value is -2.11. The third kappa shape index (κ3) is 5.83. The number of nitrogens with zero attached hydrogens (tertiary/aromatic N) is 2. The van der Waals surface area contributed by atoms with Gasteiger partial charge in [0.15, 0.2) is 0 Å². The van der Waals surface area contributed by atoms with Crippen molar-refractivity contribution in [3.63, 3.8) is 0 Å². The molecule has 0 spiro atoms. The van der Waals surface area contributed by atoms with Gasteiger partial charge in [-0.25, -0.2) is 9.59 Å². The van der Waals surface area contributed by atoms with Crippen LogP contribution in [0.4, 0.5) is 0 Å². The Morgan fingerprint density at radius 1 is 1.25 bits per heavy atom. The van der Waals surface area contributed by atoms with Gasteiger partial charge >= 0.3 is 11.7 Å². The average Bonchev–Trinajstić information content (AvgIpc) is 2.55. The lowest BCUT2D eigenvalue weighted by Gasteiger charge is -2.14. The predicted molar refractivity (Wildman–Crippen MR) is 94.2 cm³/mol. The summed E-state index contributed by atoms with van der Waals surface area (Å²) in [6.07, 6.45) is 5.79. The maximum Gasteiger partial charge on any atom is 0.333 e. The van der Waals surface area contributed by atoms with Crippen LogP contribution in [-0.2, 0) is 16.1 Å². The van der Waals surface area contributed by atoms with Gasteiger partial charge in [-0.05, 0) is 39.5 Å². The summed E-state index contributed by atoms with van der Waals surface area (Å²) in [6, 6.07) is 1.35. The zero-order valence-electron chi connectivity index (χ0n) is 14.9. The van der Waals surface area contributed by atoms with Crippen LogP contribution in [0.5, 0.6) is 0 Å². The van der Waals surface area contributed by atoms with E-state index in [1.54, 1.807) is 17.7 Å². The molecule has 0 saturated heterocycles. The maximum absolute atomic E-state index is 12.4. The topological polar surface area (TPSA) is 70.3 Å². The lowest BCUT2D eigenvalue weighted by molar-refractivity contribution is -0.139. The second-order valence-electron chi connectivity index (χ2n) is 6.09. The zero-order chi connectivity index (χ0) is 18.1. The fourth-order valence-electron chi connectivity index (χ4n) is 2.31. The van der Waals surface area contributed by atoms with Crippen molar-refractivity contribution in [2.45, 2.75) is 65.5 Å². The minimum Gasteiger partial charge on any atom is -0.462 e. The summed E-state index contributed by atoms with van der Waals surface area (Å²) in [5.41, 5.74) is -0.0806. The highest BCUT2D eigenvalue weighted by Crippen LogP contribution is 2.05. The number of hydrogen-bond acceptors (Lipinski definition) is 4. The molecule has 0 N–H and O–H groups in total. The van der Waals surface area contributed by atoms with Gasteiger partial charge in [0.2, 0.25) is 0 Å². The lowest BCUT2D eigenvalue weighted by Crippen LogP contribution is -2.40. The molecule has 0 fully saturated rings. The number of unbranched alkanes of at least 4 members (excludes halogenated alkanes) is 3. The van der Waals surface area contributed by atoms with Crippen LogP contribution in [0, 0.1) is 0 Å². The Labute approximate surface area is 142 Å². The molecule has 0 aromatic carbocycles. The summed E-state index contributed by atoms with van der Waals surface area (Å²) in [6.45, 7) is 9.95. The Kier molecular flexibility index (Phi) is 8.22. The number of esters is 1. The van der Waals surface area contributed by atoms with Crippen molar-refractivity contribution < 1.29 is 9.53 Å². The first-order valence-corrected chi connectivity index (χ1v) is 8.53. The van der Waals surface area contributed by atoms with E-state index in [-0.39, 0.29) is 23.3 Å². The van der Waals surface area contributed by atoms with Crippen LogP contribution in [0.3, 0.4) is 0 Å². The zero-order valence-corrected chi connectivity index (χ0v) is 14.9. The number of rotatable bonds is 10. The summed E-state index contributed by atoms with van der Waals surface area (Å²) >= 11 is 0. The molecular weight excluding hydrogens is 308 g/mol. The third-order valence-electron chi connectivity index (χ3n) is 3.99. The highest BCUT2D eigenvalue weighted by atomic mass is 16.5. The molecule has 1 aromatic rings. The first-order chi connectivity index (χ1) is 11.4. The Bertz CT molecular complexity index is 672. The normalized spacial score (nSPS) is 12.0. The van der Waals surface area contributed by atoms with Gasteiger partial charge < -0.3 is 9.30 Å². The summed E-state index contributed by atoms with van der Waals surface area (Å²) < 4.78 is 7.93. The van der Waals surface area contributed by atoms with Gasteiger partial charge in [-0.15, -0.1) is 0 Å². The van der Waals surface area contributed by atoms with Gasteiger partial charge in [-0.1, -0.05) is 19.9 Å². The van der Waals surface area contributed by atoms with Crippen LogP contribution < -0.4 is 11.2 Å². The minimum absolute atomic E-state index is 0.0968. The van der Waals surface area contributed by atoms with Crippen LogP contribution >= 0.6 is 0 Å². The molecule has 0 aliphatic carbocycles. The molecule has 134 valence electrons. The summed E-state index contributed by atoms with van der Waals surface area (Å²) in [5, 5.41) is 0. The number of carbonyl (C=O) groups is 1. The van der Waals surface area contributed by atoms with Gasteiger partial charge in [-0.3, -0.25) is 9.36 Å². The molecule has 1 aromatic heterocycles. The summed E-state index contributed by atoms with van der Waals surface area (Å²) in [7, 11) is 0. The van der Waals surface area contributed by atoms with Gasteiger partial charge in [-0.2, -0.15) is 0 Å². The van der Waals surface area contributed by atoms with Crippen LogP contribution in [0.25, 0.3) is 0 Å². The molecule has 6 heteroatoms. The Balaban J connectivity index is 2.41. The van der Waals surface area contributed by atoms with Crippen molar-refractivity contribution in [1.29, 1.82) is 0 Å². The minimum atomic E-state index is -0.353. The van der Waals surface area contributed by atoms with Gasteiger partial charge in [0.05, 0.1) is 6.61 Å². The van der Waals surface area contributed by atoms with Crippen LogP contribution in [0.15, 0.2) is 34.0 Å². The van der Waals surface area contributed by atoms with Crippen molar-refractivity contribution in [2.24, 2.45) is 0 Å². The second kappa shape index (κ2) is 9.90. The highest BCUT2D eigenvalue weighted by Gasteiger charge is 2.10. The lowest BCUT2D eigenvalue weighted by atomic mass is 10.2. The molecule has 0 aliphatic rings. The van der Waals surface area contributed by atoms with E-state index >= 15 is 0 Å². The maximum atomic E-state index is 12.4. The van der Waals surface area contributed by atoms with E-state index in [0.717, 1.165) is 32.1 Å². The van der Waals surface area contributed by atoms with Crippen molar-refractivity contribution in [3.8, 4) is 0 Å². The third-order valence-corrected chi connectivity index (χ3v) is 3.99. The van der Waals surface area contributed by atoms with Gasteiger partial charge in [0.25, 0.3) is 5.56 Å². The highest BCUT2D eigenvalue weighted by molar-refractivity contribution is 5.86. The second-order valence-corrected chi connectivity index (χ2v) is 6.09. The van der Waals surface area contributed by atoms with Gasteiger partial charge in [0.1, 0.15) is 0 Å². The molecular formula is C18H28N2O4. The number of ether oxygens (including phenoxy) is 1. The standard InChI is InChI=1S/C18H28N2O4/c1-5-15(4)20-16(21)10-12-19(18(20)23)11-8-6-7-9-13-24-17(22)14(2)3/h10,12,15H,2,5-9,11,13H2,1,3-4H3. The molecule has 0 bridgehead atoms. The first kappa shape index (κ1) is 19.9. The molecule has 1 unspecified atom stereocenters. The van der Waals surface area contributed by atoms with Crippen molar-refractivity contribution in [2.75, 3.05) is 6.61 Å². The van der Waals surface area contributed by atoms with E-state index < -0.39 is 0 Å². The van der Waals surface area contributed by atoms with Crippen LogP contribution in [-0.4, -0.2) is 21.7 Å². The fraction of sp³-hybridized carbons (Fsp3) is 0.611. The molecule has 6 nitrogen and oxygen atoms in total. The molecule has 0 radical (unpaired) electrons. The molecule has 1 atom stereocenters. The number of aromatic nitrogens is 2. The SMILES string of the molecule is C=C(C)C(=O)OCCCCCCn1ccc(=O)n(C(C)CC)c1=O. The average molecular weight is 336 g/mol. The Morgan fingerprint density at radius 2 is 1.92 bits per heavy atom. The molecule has 0 aliphatic heterocycles. The molecule has 1 heterocycles. The van der Waals surface area contributed by atoms with E-state index in [1.807, 2.05) is 13.8 Å². The Morgan fingerprint density at radius 3 is 2.54 bits per heavy atom. The molecule has 1 rings (SSSR count). The number of carbonyl (C=O) groups excluding carboxylic acids is 1. The number of aryl methyl sites for hydroxylation is 1. The van der Waals surface area contributed by atoms with Gasteiger partial charge in [0, 0.05) is 30.4 Å². The van der Waals surface area contributed by atoms with Crippen LogP contribution in [0.2, 0.25) is 0 Å². The fourth-order valence-corrected chi connectivity index (χ4v) is 2.31. The van der Waals surface area contributed by atoms with E-state index in [9.17, 15) is 14.4 Å². The number of hydrogen-bond donors (Lipinski definition) is 0. The van der Waals surface area contributed by atoms with E-state index in [0.29, 0.717) is 18.7 Å².